The van der Waals surface area contributed by atoms with Crippen LogP contribution in [0.3, 0.4) is 0 Å². The Morgan fingerprint density at radius 1 is 1.27 bits per heavy atom. The Morgan fingerprint density at radius 3 is 2.87 bits per heavy atom. The predicted octanol–water partition coefficient (Wildman–Crippen LogP) is 5.53. The third-order valence-corrected chi connectivity index (χ3v) is 7.80. The van der Waals surface area contributed by atoms with Crippen LogP contribution >= 0.6 is 47.1 Å². The summed E-state index contributed by atoms with van der Waals surface area (Å²) in [5.41, 5.74) is 1.60. The van der Waals surface area contributed by atoms with Gasteiger partial charge in [-0.25, -0.2) is 4.98 Å². The van der Waals surface area contributed by atoms with Gasteiger partial charge in [0, 0.05) is 23.6 Å². The Morgan fingerprint density at radius 2 is 2.10 bits per heavy atom. The van der Waals surface area contributed by atoms with E-state index in [2.05, 4.69) is 11.9 Å². The third kappa shape index (κ3) is 4.39. The van der Waals surface area contributed by atoms with E-state index in [0.717, 1.165) is 28.1 Å². The van der Waals surface area contributed by atoms with E-state index in [1.807, 2.05) is 47.9 Å². The van der Waals surface area contributed by atoms with Crippen LogP contribution in [-0.4, -0.2) is 42.9 Å². The number of benzene rings is 1. The quantitative estimate of drug-likeness (QED) is 0.255. The molecule has 0 unspecified atom stereocenters. The van der Waals surface area contributed by atoms with Crippen molar-refractivity contribution in [3.63, 3.8) is 0 Å². The molecule has 3 heterocycles. The van der Waals surface area contributed by atoms with Crippen LogP contribution in [0, 0.1) is 0 Å². The normalized spacial score (nSPS) is 15.6. The van der Waals surface area contributed by atoms with Crippen molar-refractivity contribution in [3.8, 4) is 0 Å². The number of nitrogens with zero attached hydrogens (tertiary/aromatic N) is 3. The van der Waals surface area contributed by atoms with E-state index < -0.39 is 0 Å². The van der Waals surface area contributed by atoms with Gasteiger partial charge in [0.2, 0.25) is 5.91 Å². The molecule has 4 rings (SSSR count). The van der Waals surface area contributed by atoms with Gasteiger partial charge < -0.3 is 0 Å². The molecule has 0 aliphatic carbocycles. The van der Waals surface area contributed by atoms with Crippen molar-refractivity contribution in [3.05, 3.63) is 51.6 Å². The van der Waals surface area contributed by atoms with Gasteiger partial charge in [0.05, 0.1) is 15.9 Å². The number of hydrogen-bond acceptors (Lipinski definition) is 7. The molecule has 1 amide bonds. The van der Waals surface area contributed by atoms with Gasteiger partial charge in [-0.15, -0.1) is 11.3 Å². The Kier molecular flexibility index (Phi) is 6.72. The smallest absolute Gasteiger partial charge is 0.266 e. The zero-order chi connectivity index (χ0) is 21.1. The highest BCUT2D eigenvalue weighted by Gasteiger charge is 2.32. The van der Waals surface area contributed by atoms with Crippen LogP contribution in [0.15, 0.2) is 51.8 Å². The van der Waals surface area contributed by atoms with Gasteiger partial charge in [0.1, 0.15) is 4.32 Å². The summed E-state index contributed by atoms with van der Waals surface area (Å²) in [6.45, 7) is 2.36. The van der Waals surface area contributed by atoms with E-state index in [-0.39, 0.29) is 24.8 Å². The van der Waals surface area contributed by atoms with Crippen molar-refractivity contribution < 1.29 is 9.59 Å². The molecule has 30 heavy (non-hydrogen) atoms. The van der Waals surface area contributed by atoms with Crippen LogP contribution in [0.1, 0.15) is 29.4 Å². The van der Waals surface area contributed by atoms with Crippen molar-refractivity contribution in [2.24, 2.45) is 0 Å². The molecule has 9 heteroatoms. The molecule has 0 N–H and O–H groups in total. The highest BCUT2D eigenvalue weighted by atomic mass is 32.2. The van der Waals surface area contributed by atoms with Gasteiger partial charge >= 0.3 is 0 Å². The minimum Gasteiger partial charge on any atom is -0.292 e. The first-order chi connectivity index (χ1) is 14.6. The summed E-state index contributed by atoms with van der Waals surface area (Å²) < 4.78 is 2.17. The average molecular weight is 474 g/mol. The molecule has 3 aromatic rings. The highest BCUT2D eigenvalue weighted by molar-refractivity contribution is 8.26. The summed E-state index contributed by atoms with van der Waals surface area (Å²) >= 11 is 9.83. The molecule has 154 valence electrons. The zero-order valence-electron chi connectivity index (χ0n) is 16.2. The number of carbonyl (C=O) groups is 2. The lowest BCUT2D eigenvalue weighted by molar-refractivity contribution is -0.122. The number of rotatable bonds is 7. The molecule has 0 bridgehead atoms. The first-order valence-corrected chi connectivity index (χ1v) is 12.6. The van der Waals surface area contributed by atoms with Crippen molar-refractivity contribution in [2.45, 2.75) is 24.9 Å². The van der Waals surface area contributed by atoms with Crippen LogP contribution in [-0.2, 0) is 4.79 Å². The van der Waals surface area contributed by atoms with Crippen molar-refractivity contribution in [1.29, 1.82) is 0 Å². The minimum atomic E-state index is -0.137. The van der Waals surface area contributed by atoms with Gasteiger partial charge in [-0.05, 0) is 36.1 Å². The molecule has 1 aliphatic rings. The molecule has 5 nitrogen and oxygen atoms in total. The molecule has 0 radical (unpaired) electrons. The Bertz CT molecular complexity index is 1130. The maximum atomic E-state index is 13.1. The molecule has 1 saturated heterocycles. The molecular weight excluding hydrogens is 455 g/mol. The number of fused-ring (bicyclic) bond motifs is 1. The minimum absolute atomic E-state index is 0.0846. The lowest BCUT2D eigenvalue weighted by Crippen LogP contribution is -2.31. The summed E-state index contributed by atoms with van der Waals surface area (Å²) in [6, 6.07) is 11.5. The van der Waals surface area contributed by atoms with E-state index >= 15 is 0 Å². The van der Waals surface area contributed by atoms with E-state index in [9.17, 15) is 9.59 Å². The fourth-order valence-corrected chi connectivity index (χ4v) is 5.96. The van der Waals surface area contributed by atoms with Crippen LogP contribution < -0.4 is 0 Å². The van der Waals surface area contributed by atoms with E-state index in [4.69, 9.17) is 12.2 Å². The largest absolute Gasteiger partial charge is 0.292 e. The Labute approximate surface area is 192 Å². The van der Waals surface area contributed by atoms with E-state index in [1.54, 1.807) is 27.7 Å². The molecule has 0 spiro atoms. The number of hydrogen-bond donors (Lipinski definition) is 0. The summed E-state index contributed by atoms with van der Waals surface area (Å²) in [7, 11) is 0. The number of thiophene rings is 1. The van der Waals surface area contributed by atoms with E-state index in [1.165, 1.54) is 16.7 Å². The maximum Gasteiger partial charge on any atom is 0.266 e. The lowest BCUT2D eigenvalue weighted by atomic mass is 10.3. The average Bonchev–Trinajstić information content (AvgIpc) is 3.44. The zero-order valence-corrected chi connectivity index (χ0v) is 19.5. The molecular formula is C21H19N3O2S4. The van der Waals surface area contributed by atoms with Gasteiger partial charge in [0.15, 0.2) is 5.16 Å². The van der Waals surface area contributed by atoms with Gasteiger partial charge in [-0.3, -0.25) is 19.1 Å². The van der Waals surface area contributed by atoms with Gasteiger partial charge in [-0.2, -0.15) is 0 Å². The molecule has 1 aromatic carbocycles. The second-order valence-corrected chi connectivity index (χ2v) is 10.3. The molecule has 2 aromatic heterocycles. The number of para-hydroxylation sites is 2. The molecule has 0 saturated carbocycles. The fourth-order valence-electron chi connectivity index (χ4n) is 3.05. The standard InChI is InChI=1S/C21H19N3O2S4/c1-2-11-29-20-22-15-7-3-4-8-16(15)24(20)18(25)9-10-23-19(26)17(30-21(23)27)13-14-6-5-12-28-14/h3-8,12-13H,2,9-11H2,1H3/b17-13-. The Balaban J connectivity index is 1.51. The SMILES string of the molecule is CCCSc1nc2ccccc2n1C(=O)CCN1C(=O)/C(=C/c2cccs2)SC1=S. The first-order valence-electron chi connectivity index (χ1n) is 9.51. The van der Waals surface area contributed by atoms with E-state index in [0.29, 0.717) is 14.4 Å². The topological polar surface area (TPSA) is 55.2 Å². The molecule has 1 aliphatic heterocycles. The third-order valence-electron chi connectivity index (χ3n) is 4.45. The summed E-state index contributed by atoms with van der Waals surface area (Å²) in [6.07, 6.45) is 3.03. The molecule has 1 fully saturated rings. The summed E-state index contributed by atoms with van der Waals surface area (Å²) in [5.74, 6) is 0.666. The fraction of sp³-hybridized carbons (Fsp3) is 0.238. The number of amides is 1. The number of imidazole rings is 1. The second-order valence-electron chi connectivity index (χ2n) is 6.56. The van der Waals surface area contributed by atoms with Crippen LogP contribution in [0.5, 0.6) is 0 Å². The monoisotopic (exact) mass is 473 g/mol. The number of thioether (sulfide) groups is 2. The number of aromatic nitrogens is 2. The summed E-state index contributed by atoms with van der Waals surface area (Å²) in [5, 5.41) is 2.67. The van der Waals surface area contributed by atoms with Crippen LogP contribution in [0.4, 0.5) is 0 Å². The lowest BCUT2D eigenvalue weighted by Gasteiger charge is -2.14. The van der Waals surface area contributed by atoms with Crippen molar-refractivity contribution in [1.82, 2.24) is 14.5 Å². The van der Waals surface area contributed by atoms with Gasteiger partial charge in [0.25, 0.3) is 5.91 Å². The highest BCUT2D eigenvalue weighted by Crippen LogP contribution is 2.33. The number of thiocarbonyl (C=S) groups is 1. The van der Waals surface area contributed by atoms with Gasteiger partial charge in [-0.1, -0.05) is 60.9 Å². The van der Waals surface area contributed by atoms with Crippen molar-refractivity contribution >= 4 is 80.3 Å². The predicted molar refractivity (Wildman–Crippen MR) is 130 cm³/mol. The number of carbonyl (C=O) groups excluding carboxylic acids is 2. The van der Waals surface area contributed by atoms with Crippen molar-refractivity contribution in [2.75, 3.05) is 12.3 Å². The summed E-state index contributed by atoms with van der Waals surface area (Å²) in [4.78, 5) is 33.7. The molecule has 0 atom stereocenters. The second kappa shape index (κ2) is 9.47. The van der Waals surface area contributed by atoms with Crippen LogP contribution in [0.2, 0.25) is 0 Å². The maximum absolute atomic E-state index is 13.1. The first kappa shape index (κ1) is 21.3. The Hall–Kier alpha value is -1.94. The van der Waals surface area contributed by atoms with Crippen LogP contribution in [0.25, 0.3) is 17.1 Å².